The molecule has 0 bridgehead atoms. The van der Waals surface area contributed by atoms with E-state index in [4.69, 9.17) is 0 Å². The Morgan fingerprint density at radius 3 is 2.20 bits per heavy atom. The first kappa shape index (κ1) is 11.5. The summed E-state index contributed by atoms with van der Waals surface area (Å²) in [5.41, 5.74) is 1.21. The van der Waals surface area contributed by atoms with Crippen molar-refractivity contribution < 1.29 is 0 Å². The number of fused-ring (bicyclic) bond motifs is 1. The van der Waals surface area contributed by atoms with E-state index < -0.39 is 0 Å². The van der Waals surface area contributed by atoms with Crippen molar-refractivity contribution in [3.05, 3.63) is 0 Å². The highest BCUT2D eigenvalue weighted by atomic mass is 14.6. The molecular formula is C15H28. The molecule has 0 aromatic heterocycles. The molecule has 0 aliphatic heterocycles. The van der Waals surface area contributed by atoms with Crippen LogP contribution in [0.2, 0.25) is 0 Å². The molecule has 88 valence electrons. The Balaban J connectivity index is 2.36. The highest BCUT2D eigenvalue weighted by molar-refractivity contribution is 5.06. The zero-order valence-electron chi connectivity index (χ0n) is 11.4. The molecule has 2 fully saturated rings. The molecule has 2 saturated carbocycles. The van der Waals surface area contributed by atoms with Gasteiger partial charge >= 0.3 is 0 Å². The molecular weight excluding hydrogens is 180 g/mol. The second kappa shape index (κ2) is 3.25. The van der Waals surface area contributed by atoms with Crippen molar-refractivity contribution in [2.45, 2.75) is 60.8 Å². The van der Waals surface area contributed by atoms with Gasteiger partial charge in [0.2, 0.25) is 0 Å². The average Bonchev–Trinajstić information content (AvgIpc) is 2.29. The first-order chi connectivity index (χ1) is 6.79. The summed E-state index contributed by atoms with van der Waals surface area (Å²) in [7, 11) is 0. The Labute approximate surface area is 95.8 Å². The molecule has 0 spiro atoms. The maximum atomic E-state index is 2.56. The summed E-state index contributed by atoms with van der Waals surface area (Å²) in [6.07, 6.45) is 4.38. The molecule has 0 heteroatoms. The van der Waals surface area contributed by atoms with Gasteiger partial charge in [-0.05, 0) is 53.8 Å². The smallest absolute Gasteiger partial charge is 0.0278 e. The summed E-state index contributed by atoms with van der Waals surface area (Å²) >= 11 is 0. The minimum absolute atomic E-state index is 0.558. The summed E-state index contributed by atoms with van der Waals surface area (Å²) < 4.78 is 0. The fraction of sp³-hybridized carbons (Fsp3) is 1.00. The van der Waals surface area contributed by atoms with E-state index in [9.17, 15) is 0 Å². The number of hydrogen-bond acceptors (Lipinski definition) is 0. The van der Waals surface area contributed by atoms with Crippen molar-refractivity contribution in [1.82, 2.24) is 0 Å². The molecule has 2 aliphatic carbocycles. The lowest BCUT2D eigenvalue weighted by molar-refractivity contribution is -0.0000415. The molecule has 2 aliphatic rings. The lowest BCUT2D eigenvalue weighted by Crippen LogP contribution is -2.42. The van der Waals surface area contributed by atoms with Gasteiger partial charge in [-0.15, -0.1) is 0 Å². The van der Waals surface area contributed by atoms with Gasteiger partial charge in [0, 0.05) is 0 Å². The van der Waals surface area contributed by atoms with Crippen LogP contribution in [0.15, 0.2) is 0 Å². The van der Waals surface area contributed by atoms with Crippen LogP contribution in [0.5, 0.6) is 0 Å². The van der Waals surface area contributed by atoms with Gasteiger partial charge in [0.1, 0.15) is 0 Å². The molecule has 5 atom stereocenters. The maximum Gasteiger partial charge on any atom is -0.0278 e. The van der Waals surface area contributed by atoms with Gasteiger partial charge < -0.3 is 0 Å². The van der Waals surface area contributed by atoms with E-state index in [-0.39, 0.29) is 0 Å². The summed E-state index contributed by atoms with van der Waals surface area (Å²) in [5.74, 6) is 3.71. The van der Waals surface area contributed by atoms with Crippen LogP contribution in [0, 0.1) is 34.5 Å². The van der Waals surface area contributed by atoms with Crippen molar-refractivity contribution in [3.8, 4) is 0 Å². The molecule has 0 amide bonds. The highest BCUT2D eigenvalue weighted by Crippen LogP contribution is 2.65. The SMILES string of the molecule is CC1CCC2(C)CC(C)C(C)(C)C2C1C. The first-order valence-electron chi connectivity index (χ1n) is 6.79. The minimum atomic E-state index is 0.558. The zero-order valence-corrected chi connectivity index (χ0v) is 11.4. The van der Waals surface area contributed by atoms with E-state index in [0.717, 1.165) is 23.7 Å². The van der Waals surface area contributed by atoms with E-state index in [1.165, 1.54) is 19.3 Å². The standard InChI is InChI=1S/C15H28/c1-10-7-8-15(6)9-11(2)14(4,5)13(15)12(10)3/h10-13H,7-9H2,1-6H3. The second-order valence-electron chi connectivity index (χ2n) is 7.43. The Morgan fingerprint density at radius 1 is 1.00 bits per heavy atom. The lowest BCUT2D eigenvalue weighted by Gasteiger charge is -2.49. The molecule has 2 rings (SSSR count). The van der Waals surface area contributed by atoms with Crippen LogP contribution in [-0.4, -0.2) is 0 Å². The van der Waals surface area contributed by atoms with Crippen molar-refractivity contribution in [1.29, 1.82) is 0 Å². The van der Waals surface area contributed by atoms with Crippen molar-refractivity contribution in [2.75, 3.05) is 0 Å². The van der Waals surface area contributed by atoms with Crippen molar-refractivity contribution >= 4 is 0 Å². The van der Waals surface area contributed by atoms with Crippen molar-refractivity contribution in [3.63, 3.8) is 0 Å². The van der Waals surface area contributed by atoms with Crippen LogP contribution in [0.4, 0.5) is 0 Å². The van der Waals surface area contributed by atoms with E-state index >= 15 is 0 Å². The van der Waals surface area contributed by atoms with E-state index in [2.05, 4.69) is 41.5 Å². The summed E-state index contributed by atoms with van der Waals surface area (Å²) in [4.78, 5) is 0. The summed E-state index contributed by atoms with van der Waals surface area (Å²) in [5, 5.41) is 0. The molecule has 0 aromatic rings. The van der Waals surface area contributed by atoms with Crippen LogP contribution >= 0.6 is 0 Å². The number of hydrogen-bond donors (Lipinski definition) is 0. The molecule has 0 heterocycles. The molecule has 5 unspecified atom stereocenters. The zero-order chi connectivity index (χ0) is 11.4. The van der Waals surface area contributed by atoms with E-state index in [1.807, 2.05) is 0 Å². The van der Waals surface area contributed by atoms with Gasteiger partial charge in [-0.3, -0.25) is 0 Å². The molecule has 0 nitrogen and oxygen atoms in total. The normalized spacial score (nSPS) is 54.0. The monoisotopic (exact) mass is 208 g/mol. The molecule has 15 heavy (non-hydrogen) atoms. The van der Waals surface area contributed by atoms with Crippen LogP contribution in [0.3, 0.4) is 0 Å². The van der Waals surface area contributed by atoms with Gasteiger partial charge in [-0.2, -0.15) is 0 Å². The van der Waals surface area contributed by atoms with Gasteiger partial charge in [-0.1, -0.05) is 41.5 Å². The molecule has 0 N–H and O–H groups in total. The Hall–Kier alpha value is 0. The predicted molar refractivity (Wildman–Crippen MR) is 66.7 cm³/mol. The molecule has 0 aromatic carbocycles. The minimum Gasteiger partial charge on any atom is -0.0622 e. The predicted octanol–water partition coefficient (Wildman–Crippen LogP) is 4.74. The van der Waals surface area contributed by atoms with Crippen LogP contribution in [-0.2, 0) is 0 Å². The Bertz CT molecular complexity index is 253. The topological polar surface area (TPSA) is 0 Å². The van der Waals surface area contributed by atoms with E-state index in [0.29, 0.717) is 10.8 Å². The lowest BCUT2D eigenvalue weighted by atomic mass is 9.56. The summed E-state index contributed by atoms with van der Waals surface area (Å²) in [6.45, 7) is 15.0. The van der Waals surface area contributed by atoms with Gasteiger partial charge in [0.25, 0.3) is 0 Å². The highest BCUT2D eigenvalue weighted by Gasteiger charge is 2.57. The third kappa shape index (κ3) is 1.47. The second-order valence-corrected chi connectivity index (χ2v) is 7.43. The third-order valence-electron chi connectivity index (χ3n) is 6.19. The number of rotatable bonds is 0. The Morgan fingerprint density at radius 2 is 1.60 bits per heavy atom. The fourth-order valence-electron chi connectivity index (χ4n) is 5.01. The van der Waals surface area contributed by atoms with Crippen molar-refractivity contribution in [2.24, 2.45) is 34.5 Å². The summed E-state index contributed by atoms with van der Waals surface area (Å²) in [6, 6.07) is 0. The van der Waals surface area contributed by atoms with Crippen LogP contribution in [0.25, 0.3) is 0 Å². The third-order valence-corrected chi connectivity index (χ3v) is 6.19. The van der Waals surface area contributed by atoms with Crippen LogP contribution in [0.1, 0.15) is 60.8 Å². The average molecular weight is 208 g/mol. The molecule has 0 radical (unpaired) electrons. The quantitative estimate of drug-likeness (QED) is 0.539. The first-order valence-corrected chi connectivity index (χ1v) is 6.79. The molecule has 0 saturated heterocycles. The largest absolute Gasteiger partial charge is 0.0622 e. The maximum absolute atomic E-state index is 2.56. The van der Waals surface area contributed by atoms with Gasteiger partial charge in [0.15, 0.2) is 0 Å². The van der Waals surface area contributed by atoms with Gasteiger partial charge in [-0.25, -0.2) is 0 Å². The Kier molecular flexibility index (Phi) is 2.48. The van der Waals surface area contributed by atoms with E-state index in [1.54, 1.807) is 0 Å². The van der Waals surface area contributed by atoms with Crippen LogP contribution < -0.4 is 0 Å². The van der Waals surface area contributed by atoms with Gasteiger partial charge in [0.05, 0.1) is 0 Å². The fourth-order valence-corrected chi connectivity index (χ4v) is 5.01.